The molecule has 0 saturated heterocycles. The summed E-state index contributed by atoms with van der Waals surface area (Å²) in [7, 11) is 0. The van der Waals surface area contributed by atoms with Gasteiger partial charge in [-0.15, -0.1) is 0 Å². The van der Waals surface area contributed by atoms with Crippen molar-refractivity contribution >= 4 is 23.2 Å². The minimum atomic E-state index is -0.131. The summed E-state index contributed by atoms with van der Waals surface area (Å²) >= 11 is 6.21. The van der Waals surface area contributed by atoms with Crippen LogP contribution in [0, 0.1) is 13.8 Å². The summed E-state index contributed by atoms with van der Waals surface area (Å²) in [5.74, 6) is -0.131. The lowest BCUT2D eigenvalue weighted by atomic mass is 9.98. The van der Waals surface area contributed by atoms with Crippen molar-refractivity contribution in [2.24, 2.45) is 0 Å². The SMILES string of the molecule is Cc1ccc([C@H](NCC(=O)Nc2ccc(C)cc2Cl)c2ccccc2)cc1. The predicted molar refractivity (Wildman–Crippen MR) is 112 cm³/mol. The lowest BCUT2D eigenvalue weighted by Gasteiger charge is -2.20. The summed E-state index contributed by atoms with van der Waals surface area (Å²) in [6.45, 7) is 4.20. The van der Waals surface area contributed by atoms with E-state index in [1.807, 2.05) is 43.3 Å². The van der Waals surface area contributed by atoms with Crippen LogP contribution >= 0.6 is 11.6 Å². The number of carbonyl (C=O) groups excluding carboxylic acids is 1. The maximum Gasteiger partial charge on any atom is 0.238 e. The van der Waals surface area contributed by atoms with Gasteiger partial charge < -0.3 is 5.32 Å². The van der Waals surface area contributed by atoms with Crippen molar-refractivity contribution in [2.45, 2.75) is 19.9 Å². The molecule has 1 atom stereocenters. The van der Waals surface area contributed by atoms with Gasteiger partial charge >= 0.3 is 0 Å². The fourth-order valence-electron chi connectivity index (χ4n) is 2.94. The summed E-state index contributed by atoms with van der Waals surface area (Å²) in [6, 6.07) is 24.0. The first-order chi connectivity index (χ1) is 13.0. The molecule has 0 fully saturated rings. The second kappa shape index (κ2) is 8.85. The molecule has 3 nitrogen and oxygen atoms in total. The molecule has 0 spiro atoms. The molecule has 0 aromatic heterocycles. The Morgan fingerprint density at radius 2 is 1.52 bits per heavy atom. The molecule has 0 heterocycles. The van der Waals surface area contributed by atoms with E-state index in [-0.39, 0.29) is 18.5 Å². The van der Waals surface area contributed by atoms with Crippen molar-refractivity contribution in [1.29, 1.82) is 0 Å². The fourth-order valence-corrected chi connectivity index (χ4v) is 3.23. The Balaban J connectivity index is 1.72. The van der Waals surface area contributed by atoms with Crippen molar-refractivity contribution in [3.8, 4) is 0 Å². The van der Waals surface area contributed by atoms with Crippen LogP contribution in [0.15, 0.2) is 72.8 Å². The van der Waals surface area contributed by atoms with E-state index in [4.69, 9.17) is 11.6 Å². The molecule has 2 N–H and O–H groups in total. The van der Waals surface area contributed by atoms with Crippen LogP contribution < -0.4 is 10.6 Å². The molecule has 0 unspecified atom stereocenters. The molecule has 0 bridgehead atoms. The van der Waals surface area contributed by atoms with Crippen molar-refractivity contribution in [2.75, 3.05) is 11.9 Å². The number of rotatable bonds is 6. The third-order valence-electron chi connectivity index (χ3n) is 4.41. The number of halogens is 1. The molecule has 0 aliphatic heterocycles. The second-order valence-corrected chi connectivity index (χ2v) is 7.07. The highest BCUT2D eigenvalue weighted by Crippen LogP contribution is 2.24. The van der Waals surface area contributed by atoms with Crippen molar-refractivity contribution in [3.63, 3.8) is 0 Å². The normalized spacial score (nSPS) is 11.8. The van der Waals surface area contributed by atoms with Crippen molar-refractivity contribution in [3.05, 3.63) is 100 Å². The zero-order valence-electron chi connectivity index (χ0n) is 15.5. The molecule has 138 valence electrons. The molecule has 0 radical (unpaired) electrons. The number of anilines is 1. The van der Waals surface area contributed by atoms with E-state index >= 15 is 0 Å². The van der Waals surface area contributed by atoms with Gasteiger partial charge in [-0.1, -0.05) is 77.8 Å². The van der Waals surface area contributed by atoms with Gasteiger partial charge in [0.05, 0.1) is 23.3 Å². The van der Waals surface area contributed by atoms with Crippen LogP contribution in [-0.2, 0) is 4.79 Å². The van der Waals surface area contributed by atoms with E-state index < -0.39 is 0 Å². The molecule has 4 heteroatoms. The molecule has 27 heavy (non-hydrogen) atoms. The number of aryl methyl sites for hydroxylation is 2. The highest BCUT2D eigenvalue weighted by molar-refractivity contribution is 6.33. The number of nitrogens with one attached hydrogen (secondary N) is 2. The van der Waals surface area contributed by atoms with Crippen LogP contribution in [-0.4, -0.2) is 12.5 Å². The first-order valence-corrected chi connectivity index (χ1v) is 9.31. The Bertz CT molecular complexity index is 907. The molecule has 0 aliphatic carbocycles. The maximum atomic E-state index is 12.4. The van der Waals surface area contributed by atoms with E-state index in [1.165, 1.54) is 5.56 Å². The topological polar surface area (TPSA) is 41.1 Å². The predicted octanol–water partition coefficient (Wildman–Crippen LogP) is 5.27. The summed E-state index contributed by atoms with van der Waals surface area (Å²) in [5.41, 5.74) is 5.12. The summed E-state index contributed by atoms with van der Waals surface area (Å²) < 4.78 is 0. The van der Waals surface area contributed by atoms with Crippen molar-refractivity contribution in [1.82, 2.24) is 5.32 Å². The zero-order valence-corrected chi connectivity index (χ0v) is 16.3. The summed E-state index contributed by atoms with van der Waals surface area (Å²) in [4.78, 5) is 12.4. The fraction of sp³-hybridized carbons (Fsp3) is 0.174. The Labute approximate surface area is 165 Å². The monoisotopic (exact) mass is 378 g/mol. The summed E-state index contributed by atoms with van der Waals surface area (Å²) in [6.07, 6.45) is 0. The largest absolute Gasteiger partial charge is 0.324 e. The Hall–Kier alpha value is -2.62. The van der Waals surface area contributed by atoms with Gasteiger partial charge in [0.2, 0.25) is 5.91 Å². The maximum absolute atomic E-state index is 12.4. The number of hydrogen-bond acceptors (Lipinski definition) is 2. The van der Waals surface area contributed by atoms with E-state index in [0.717, 1.165) is 16.7 Å². The van der Waals surface area contributed by atoms with Gasteiger partial charge in [-0.25, -0.2) is 0 Å². The van der Waals surface area contributed by atoms with Gasteiger partial charge in [0.15, 0.2) is 0 Å². The third kappa shape index (κ3) is 5.19. The zero-order chi connectivity index (χ0) is 19.2. The van der Waals surface area contributed by atoms with E-state index in [1.54, 1.807) is 0 Å². The van der Waals surface area contributed by atoms with Crippen molar-refractivity contribution < 1.29 is 4.79 Å². The Morgan fingerprint density at radius 1 is 0.889 bits per heavy atom. The van der Waals surface area contributed by atoms with E-state index in [2.05, 4.69) is 54.0 Å². The number of hydrogen-bond donors (Lipinski definition) is 2. The number of benzene rings is 3. The van der Waals surface area contributed by atoms with Crippen LogP contribution in [0.2, 0.25) is 5.02 Å². The molecule has 3 aromatic rings. The number of carbonyl (C=O) groups is 1. The van der Waals surface area contributed by atoms with Gasteiger partial charge in [0.25, 0.3) is 0 Å². The molecule has 0 aliphatic rings. The van der Waals surface area contributed by atoms with Crippen LogP contribution in [0.1, 0.15) is 28.3 Å². The quantitative estimate of drug-likeness (QED) is 0.613. The average molecular weight is 379 g/mol. The van der Waals surface area contributed by atoms with Crippen LogP contribution in [0.4, 0.5) is 5.69 Å². The van der Waals surface area contributed by atoms with Crippen LogP contribution in [0.3, 0.4) is 0 Å². The van der Waals surface area contributed by atoms with E-state index in [9.17, 15) is 4.79 Å². The second-order valence-electron chi connectivity index (χ2n) is 6.67. The molecular formula is C23H23ClN2O. The van der Waals surface area contributed by atoms with Gasteiger partial charge in [-0.2, -0.15) is 0 Å². The van der Waals surface area contributed by atoms with Crippen LogP contribution in [0.25, 0.3) is 0 Å². The standard InChI is InChI=1S/C23H23ClN2O/c1-16-8-11-19(12-9-16)23(18-6-4-3-5-7-18)25-15-22(27)26-21-13-10-17(2)14-20(21)24/h3-14,23,25H,15H2,1-2H3,(H,26,27)/t23-/m1/s1. The summed E-state index contributed by atoms with van der Waals surface area (Å²) in [5, 5.41) is 6.78. The minimum absolute atomic E-state index is 0.0639. The minimum Gasteiger partial charge on any atom is -0.324 e. The molecule has 0 saturated carbocycles. The van der Waals surface area contributed by atoms with Gasteiger partial charge in [-0.05, 0) is 42.7 Å². The lowest BCUT2D eigenvalue weighted by Crippen LogP contribution is -2.32. The highest BCUT2D eigenvalue weighted by Gasteiger charge is 2.15. The first-order valence-electron chi connectivity index (χ1n) is 8.94. The molecule has 1 amide bonds. The van der Waals surface area contributed by atoms with Gasteiger partial charge in [0.1, 0.15) is 0 Å². The van der Waals surface area contributed by atoms with Crippen LogP contribution in [0.5, 0.6) is 0 Å². The Kier molecular flexibility index (Phi) is 6.28. The van der Waals surface area contributed by atoms with Gasteiger partial charge in [-0.3, -0.25) is 10.1 Å². The smallest absolute Gasteiger partial charge is 0.238 e. The Morgan fingerprint density at radius 3 is 2.19 bits per heavy atom. The highest BCUT2D eigenvalue weighted by atomic mass is 35.5. The molecule has 3 aromatic carbocycles. The third-order valence-corrected chi connectivity index (χ3v) is 4.72. The average Bonchev–Trinajstić information content (AvgIpc) is 2.66. The molecular weight excluding hydrogens is 356 g/mol. The first kappa shape index (κ1) is 19.2. The number of amides is 1. The van der Waals surface area contributed by atoms with E-state index in [0.29, 0.717) is 10.7 Å². The molecule has 3 rings (SSSR count). The van der Waals surface area contributed by atoms with Gasteiger partial charge in [0, 0.05) is 0 Å². The lowest BCUT2D eigenvalue weighted by molar-refractivity contribution is -0.115.